The molecule has 0 radical (unpaired) electrons. The summed E-state index contributed by atoms with van der Waals surface area (Å²) >= 11 is 0. The van der Waals surface area contributed by atoms with Crippen molar-refractivity contribution in [2.75, 3.05) is 11.1 Å². The molecule has 0 atom stereocenters. The predicted molar refractivity (Wildman–Crippen MR) is 83.0 cm³/mol. The van der Waals surface area contributed by atoms with Gasteiger partial charge in [0.05, 0.1) is 34.8 Å². The number of nitrogens with zero attached hydrogens (tertiary/aromatic N) is 2. The van der Waals surface area contributed by atoms with Crippen LogP contribution in [0.15, 0.2) is 42.7 Å². The minimum Gasteiger partial charge on any atom is -0.397 e. The smallest absolute Gasteiger partial charge is 0.258 e. The molecule has 2 aromatic heterocycles. The molecule has 0 spiro atoms. The van der Waals surface area contributed by atoms with Gasteiger partial charge in [-0.05, 0) is 24.6 Å². The molecule has 110 valence electrons. The molecule has 0 saturated carbocycles. The van der Waals surface area contributed by atoms with Gasteiger partial charge in [0.2, 0.25) is 5.95 Å². The Morgan fingerprint density at radius 1 is 1.18 bits per heavy atom. The molecule has 2 heterocycles. The number of halogens is 1. The van der Waals surface area contributed by atoms with Gasteiger partial charge in [-0.15, -0.1) is 0 Å². The largest absolute Gasteiger partial charge is 0.397 e. The van der Waals surface area contributed by atoms with E-state index in [0.717, 1.165) is 28.7 Å². The van der Waals surface area contributed by atoms with Crippen LogP contribution >= 0.6 is 0 Å². The Kier molecular flexibility index (Phi) is 3.42. The first kappa shape index (κ1) is 13.9. The molecule has 3 rings (SSSR count). The molecule has 0 aliphatic rings. The highest BCUT2D eigenvalue weighted by Gasteiger charge is 2.12. The molecule has 1 aromatic carbocycles. The highest BCUT2D eigenvalue weighted by atomic mass is 19.1. The van der Waals surface area contributed by atoms with E-state index in [2.05, 4.69) is 15.3 Å². The lowest BCUT2D eigenvalue weighted by molar-refractivity contribution is 0.102. The third kappa shape index (κ3) is 2.71. The number of fused-ring (bicyclic) bond motifs is 1. The first-order valence-corrected chi connectivity index (χ1v) is 6.62. The molecule has 0 aliphatic heterocycles. The van der Waals surface area contributed by atoms with Gasteiger partial charge in [-0.1, -0.05) is 12.1 Å². The third-order valence-corrected chi connectivity index (χ3v) is 3.24. The number of carbonyl (C=O) groups excluding carboxylic acids is 1. The van der Waals surface area contributed by atoms with E-state index in [1.165, 1.54) is 0 Å². The van der Waals surface area contributed by atoms with E-state index < -0.39 is 11.9 Å². The topological polar surface area (TPSA) is 80.9 Å². The first-order chi connectivity index (χ1) is 10.5. The number of amides is 1. The van der Waals surface area contributed by atoms with Crippen molar-refractivity contribution in [3.63, 3.8) is 0 Å². The summed E-state index contributed by atoms with van der Waals surface area (Å²) in [6.45, 7) is 1.98. The number of anilines is 2. The van der Waals surface area contributed by atoms with Crippen molar-refractivity contribution >= 4 is 28.2 Å². The fourth-order valence-corrected chi connectivity index (χ4v) is 2.14. The highest BCUT2D eigenvalue weighted by molar-refractivity contribution is 6.08. The second-order valence-electron chi connectivity index (χ2n) is 4.97. The Labute approximate surface area is 126 Å². The Morgan fingerprint density at radius 3 is 2.82 bits per heavy atom. The van der Waals surface area contributed by atoms with E-state index >= 15 is 0 Å². The quantitative estimate of drug-likeness (QED) is 0.712. The molecular formula is C16H13FN4O. The Morgan fingerprint density at radius 2 is 2.00 bits per heavy atom. The highest BCUT2D eigenvalue weighted by Crippen LogP contribution is 2.19. The molecular weight excluding hydrogens is 283 g/mol. The number of pyridine rings is 2. The molecule has 22 heavy (non-hydrogen) atoms. The number of nitrogen functional groups attached to an aromatic ring is 1. The molecule has 3 aromatic rings. The molecule has 0 fully saturated rings. The lowest BCUT2D eigenvalue weighted by Crippen LogP contribution is -2.15. The number of hydrogen-bond acceptors (Lipinski definition) is 4. The van der Waals surface area contributed by atoms with Gasteiger partial charge in [-0.2, -0.15) is 4.39 Å². The van der Waals surface area contributed by atoms with Crippen LogP contribution in [0.1, 0.15) is 15.9 Å². The zero-order valence-electron chi connectivity index (χ0n) is 11.8. The van der Waals surface area contributed by atoms with Gasteiger partial charge >= 0.3 is 0 Å². The molecule has 0 aliphatic carbocycles. The Hall–Kier alpha value is -3.02. The molecule has 0 unspecified atom stereocenters. The lowest BCUT2D eigenvalue weighted by atomic mass is 10.1. The average molecular weight is 296 g/mol. The second-order valence-corrected chi connectivity index (χ2v) is 4.97. The summed E-state index contributed by atoms with van der Waals surface area (Å²) in [7, 11) is 0. The van der Waals surface area contributed by atoms with Gasteiger partial charge in [0.25, 0.3) is 5.91 Å². The van der Waals surface area contributed by atoms with E-state index in [1.54, 1.807) is 12.3 Å². The van der Waals surface area contributed by atoms with Gasteiger partial charge in [-0.25, -0.2) is 4.98 Å². The molecule has 1 amide bonds. The second kappa shape index (κ2) is 5.40. The number of nitrogens with one attached hydrogen (secondary N) is 1. The van der Waals surface area contributed by atoms with E-state index in [0.29, 0.717) is 5.69 Å². The monoisotopic (exact) mass is 296 g/mol. The normalized spacial score (nSPS) is 10.6. The van der Waals surface area contributed by atoms with E-state index in [-0.39, 0.29) is 11.3 Å². The molecule has 3 N–H and O–H groups in total. The van der Waals surface area contributed by atoms with Crippen molar-refractivity contribution in [1.29, 1.82) is 0 Å². The third-order valence-electron chi connectivity index (χ3n) is 3.24. The van der Waals surface area contributed by atoms with Gasteiger partial charge in [-0.3, -0.25) is 9.78 Å². The number of aromatic nitrogens is 2. The average Bonchev–Trinajstić information content (AvgIpc) is 2.49. The van der Waals surface area contributed by atoms with E-state index in [9.17, 15) is 9.18 Å². The summed E-state index contributed by atoms with van der Waals surface area (Å²) in [6.07, 6.45) is 2.67. The zero-order valence-corrected chi connectivity index (χ0v) is 11.8. The number of aryl methyl sites for hydroxylation is 1. The van der Waals surface area contributed by atoms with Crippen LogP contribution in [0.5, 0.6) is 0 Å². The van der Waals surface area contributed by atoms with Crippen LogP contribution in [-0.2, 0) is 0 Å². The minimum absolute atomic E-state index is 0.0384. The van der Waals surface area contributed by atoms with Crippen LogP contribution in [0.2, 0.25) is 0 Å². The summed E-state index contributed by atoms with van der Waals surface area (Å²) < 4.78 is 13.1. The van der Waals surface area contributed by atoms with Gasteiger partial charge in [0.15, 0.2) is 0 Å². The Balaban J connectivity index is 1.90. The maximum atomic E-state index is 13.1. The van der Waals surface area contributed by atoms with E-state index in [4.69, 9.17) is 5.73 Å². The van der Waals surface area contributed by atoms with Crippen molar-refractivity contribution in [2.45, 2.75) is 6.92 Å². The number of nitrogens with two attached hydrogens (primary N) is 1. The summed E-state index contributed by atoms with van der Waals surface area (Å²) in [6, 6.07) is 8.65. The number of rotatable bonds is 2. The molecule has 5 nitrogen and oxygen atoms in total. The van der Waals surface area contributed by atoms with Crippen LogP contribution in [0.25, 0.3) is 10.9 Å². The van der Waals surface area contributed by atoms with Gasteiger partial charge in [0.1, 0.15) is 0 Å². The molecule has 0 saturated heterocycles. The summed E-state index contributed by atoms with van der Waals surface area (Å²) in [5.41, 5.74) is 8.26. The van der Waals surface area contributed by atoms with Gasteiger partial charge in [0, 0.05) is 11.5 Å². The van der Waals surface area contributed by atoms with Crippen molar-refractivity contribution in [1.82, 2.24) is 9.97 Å². The van der Waals surface area contributed by atoms with Crippen LogP contribution in [-0.4, -0.2) is 15.9 Å². The Bertz CT molecular complexity index is 879. The maximum absolute atomic E-state index is 13.1. The maximum Gasteiger partial charge on any atom is 0.258 e. The van der Waals surface area contributed by atoms with Crippen LogP contribution in [0, 0.1) is 12.9 Å². The van der Waals surface area contributed by atoms with Crippen molar-refractivity contribution in [3.05, 3.63) is 59.8 Å². The van der Waals surface area contributed by atoms with Crippen LogP contribution in [0.4, 0.5) is 15.8 Å². The number of hydrogen-bond donors (Lipinski definition) is 2. The fraction of sp³-hybridized carbons (Fsp3) is 0.0625. The first-order valence-electron chi connectivity index (χ1n) is 6.62. The lowest BCUT2D eigenvalue weighted by Gasteiger charge is -2.08. The van der Waals surface area contributed by atoms with Gasteiger partial charge < -0.3 is 11.1 Å². The summed E-state index contributed by atoms with van der Waals surface area (Å²) in [5, 5.41) is 3.56. The number of carbonyl (C=O) groups is 1. The molecule has 6 heteroatoms. The minimum atomic E-state index is -0.758. The van der Waals surface area contributed by atoms with Crippen LogP contribution in [0.3, 0.4) is 0 Å². The standard InChI is InChI=1S/C16H13FN4O/c1-9-2-3-10-5-11(7-19-14(10)4-9)21-16(22)12-6-15(17)20-8-13(12)18/h2-8H,18H2,1H3,(H,21,22). The zero-order chi connectivity index (χ0) is 15.7. The van der Waals surface area contributed by atoms with Crippen molar-refractivity contribution in [3.8, 4) is 0 Å². The number of benzene rings is 1. The summed E-state index contributed by atoms with van der Waals surface area (Å²) in [5.74, 6) is -1.27. The van der Waals surface area contributed by atoms with Crippen LogP contribution < -0.4 is 11.1 Å². The van der Waals surface area contributed by atoms with Crippen molar-refractivity contribution in [2.24, 2.45) is 0 Å². The fourth-order valence-electron chi connectivity index (χ4n) is 2.14. The predicted octanol–water partition coefficient (Wildman–Crippen LogP) is 2.91. The van der Waals surface area contributed by atoms with E-state index in [1.807, 2.05) is 25.1 Å². The SMILES string of the molecule is Cc1ccc2cc(NC(=O)c3cc(F)ncc3N)cnc2c1. The summed E-state index contributed by atoms with van der Waals surface area (Å²) in [4.78, 5) is 19.9. The van der Waals surface area contributed by atoms with Crippen molar-refractivity contribution < 1.29 is 9.18 Å². The molecule has 0 bridgehead atoms.